The molecule has 1 N–H and O–H groups in total. The average Bonchev–Trinajstić information content (AvgIpc) is 2.97. The minimum atomic E-state index is -0.427. The predicted octanol–water partition coefficient (Wildman–Crippen LogP) is 2.13. The molecule has 116 valence electrons. The number of hydrogen-bond donors (Lipinski definition) is 1. The molecule has 0 aliphatic carbocycles. The first kappa shape index (κ1) is 15.8. The Kier molecular flexibility index (Phi) is 5.98. The molecule has 0 saturated carbocycles. The minimum Gasteiger partial charge on any atom is -0.461 e. The molecule has 0 radical (unpaired) electrons. The quantitative estimate of drug-likeness (QED) is 0.815. The lowest BCUT2D eigenvalue weighted by molar-refractivity contribution is -0.131. The van der Waals surface area contributed by atoms with Crippen LogP contribution in [0.25, 0.3) is 0 Å². The SMILES string of the molecule is CCOC(=O)c1ncsc1NCCC(=O)N1CCCCC1. The second kappa shape index (κ2) is 7.97. The summed E-state index contributed by atoms with van der Waals surface area (Å²) in [5, 5.41) is 3.78. The highest BCUT2D eigenvalue weighted by molar-refractivity contribution is 7.14. The summed E-state index contributed by atoms with van der Waals surface area (Å²) >= 11 is 1.34. The van der Waals surface area contributed by atoms with Gasteiger partial charge in [-0.3, -0.25) is 4.79 Å². The van der Waals surface area contributed by atoms with E-state index in [4.69, 9.17) is 4.74 Å². The molecule has 2 rings (SSSR count). The third-order valence-electron chi connectivity index (χ3n) is 3.37. The van der Waals surface area contributed by atoms with Crippen molar-refractivity contribution in [2.24, 2.45) is 0 Å². The zero-order chi connectivity index (χ0) is 15.1. The number of nitrogens with one attached hydrogen (secondary N) is 1. The van der Waals surface area contributed by atoms with Crippen molar-refractivity contribution < 1.29 is 14.3 Å². The Morgan fingerprint density at radius 2 is 2.14 bits per heavy atom. The van der Waals surface area contributed by atoms with E-state index in [1.54, 1.807) is 12.4 Å². The van der Waals surface area contributed by atoms with Gasteiger partial charge in [-0.25, -0.2) is 9.78 Å². The van der Waals surface area contributed by atoms with Crippen molar-refractivity contribution in [2.45, 2.75) is 32.6 Å². The number of anilines is 1. The molecule has 0 unspecified atom stereocenters. The molecule has 1 aliphatic rings. The molecule has 1 aliphatic heterocycles. The lowest BCUT2D eigenvalue weighted by atomic mass is 10.1. The molecule has 7 heteroatoms. The number of aromatic nitrogens is 1. The second-order valence-electron chi connectivity index (χ2n) is 4.87. The van der Waals surface area contributed by atoms with Gasteiger partial charge in [0.15, 0.2) is 5.69 Å². The van der Waals surface area contributed by atoms with Gasteiger partial charge in [0.1, 0.15) is 5.00 Å². The highest BCUT2D eigenvalue weighted by Crippen LogP contribution is 2.21. The molecule has 0 spiro atoms. The number of carbonyl (C=O) groups is 2. The van der Waals surface area contributed by atoms with Gasteiger partial charge in [0.05, 0.1) is 12.1 Å². The van der Waals surface area contributed by atoms with E-state index in [1.807, 2.05) is 4.90 Å². The van der Waals surface area contributed by atoms with Crippen molar-refractivity contribution in [2.75, 3.05) is 31.6 Å². The smallest absolute Gasteiger partial charge is 0.360 e. The summed E-state index contributed by atoms with van der Waals surface area (Å²) in [7, 11) is 0. The Balaban J connectivity index is 1.79. The number of carbonyl (C=O) groups excluding carboxylic acids is 2. The standard InChI is InChI=1S/C14H21N3O3S/c1-2-20-14(19)12-13(21-10-16-12)15-7-6-11(18)17-8-4-3-5-9-17/h10,15H,2-9H2,1H3. The Labute approximate surface area is 128 Å². The van der Waals surface area contributed by atoms with E-state index in [1.165, 1.54) is 17.8 Å². The van der Waals surface area contributed by atoms with Crippen LogP contribution in [-0.2, 0) is 9.53 Å². The van der Waals surface area contributed by atoms with E-state index in [-0.39, 0.29) is 5.91 Å². The fourth-order valence-corrected chi connectivity index (χ4v) is 3.00. The van der Waals surface area contributed by atoms with Gasteiger partial charge >= 0.3 is 5.97 Å². The number of esters is 1. The summed E-state index contributed by atoms with van der Waals surface area (Å²) in [4.78, 5) is 29.6. The molecule has 0 aromatic carbocycles. The summed E-state index contributed by atoms with van der Waals surface area (Å²) < 4.78 is 4.94. The van der Waals surface area contributed by atoms with E-state index >= 15 is 0 Å². The number of likely N-dealkylation sites (tertiary alicyclic amines) is 1. The maximum Gasteiger partial charge on any atom is 0.360 e. The van der Waals surface area contributed by atoms with Gasteiger partial charge in [0.25, 0.3) is 0 Å². The van der Waals surface area contributed by atoms with Gasteiger partial charge in [-0.1, -0.05) is 0 Å². The van der Waals surface area contributed by atoms with E-state index in [0.717, 1.165) is 25.9 Å². The number of piperidine rings is 1. The topological polar surface area (TPSA) is 71.5 Å². The van der Waals surface area contributed by atoms with Gasteiger partial charge in [0.2, 0.25) is 5.91 Å². The molecule has 6 nitrogen and oxygen atoms in total. The summed E-state index contributed by atoms with van der Waals surface area (Å²) in [6, 6.07) is 0. The lowest BCUT2D eigenvalue weighted by Crippen LogP contribution is -2.36. The van der Waals surface area contributed by atoms with Crippen molar-refractivity contribution in [3.8, 4) is 0 Å². The first-order chi connectivity index (χ1) is 10.2. The summed E-state index contributed by atoms with van der Waals surface area (Å²) in [6.45, 7) is 4.32. The highest BCUT2D eigenvalue weighted by atomic mass is 32.1. The zero-order valence-electron chi connectivity index (χ0n) is 12.3. The highest BCUT2D eigenvalue weighted by Gasteiger charge is 2.18. The predicted molar refractivity (Wildman–Crippen MR) is 81.6 cm³/mol. The van der Waals surface area contributed by atoms with Gasteiger partial charge in [-0.05, 0) is 26.2 Å². The Hall–Kier alpha value is -1.63. The number of ether oxygens (including phenoxy) is 1. The first-order valence-corrected chi connectivity index (χ1v) is 8.22. The Bertz CT molecular complexity index is 484. The van der Waals surface area contributed by atoms with Crippen LogP contribution in [0.5, 0.6) is 0 Å². The number of thiazole rings is 1. The number of rotatable bonds is 6. The molecule has 1 amide bonds. The van der Waals surface area contributed by atoms with Crippen LogP contribution in [0.15, 0.2) is 5.51 Å². The van der Waals surface area contributed by atoms with Crippen LogP contribution in [0.3, 0.4) is 0 Å². The van der Waals surface area contributed by atoms with Crippen LogP contribution in [0.1, 0.15) is 43.1 Å². The van der Waals surface area contributed by atoms with Crippen molar-refractivity contribution >= 4 is 28.2 Å². The fourth-order valence-electron chi connectivity index (χ4n) is 2.30. The zero-order valence-corrected chi connectivity index (χ0v) is 13.1. The van der Waals surface area contributed by atoms with E-state index in [0.29, 0.717) is 30.3 Å². The van der Waals surface area contributed by atoms with Crippen LogP contribution in [-0.4, -0.2) is 48.0 Å². The minimum absolute atomic E-state index is 0.171. The molecular formula is C14H21N3O3S. The van der Waals surface area contributed by atoms with Crippen LogP contribution in [0.4, 0.5) is 5.00 Å². The summed E-state index contributed by atoms with van der Waals surface area (Å²) in [5.41, 5.74) is 1.90. The lowest BCUT2D eigenvalue weighted by Gasteiger charge is -2.26. The van der Waals surface area contributed by atoms with Gasteiger partial charge in [0, 0.05) is 26.1 Å². The van der Waals surface area contributed by atoms with E-state index < -0.39 is 5.97 Å². The third-order valence-corrected chi connectivity index (χ3v) is 4.15. The normalized spacial score (nSPS) is 14.8. The summed E-state index contributed by atoms with van der Waals surface area (Å²) in [6.07, 6.45) is 3.84. The van der Waals surface area contributed by atoms with Crippen LogP contribution >= 0.6 is 11.3 Å². The maximum absolute atomic E-state index is 12.0. The monoisotopic (exact) mass is 311 g/mol. The molecule has 1 fully saturated rings. The largest absolute Gasteiger partial charge is 0.461 e. The van der Waals surface area contributed by atoms with Gasteiger partial charge < -0.3 is 15.0 Å². The molecule has 21 heavy (non-hydrogen) atoms. The Morgan fingerprint density at radius 1 is 1.38 bits per heavy atom. The molecule has 0 atom stereocenters. The van der Waals surface area contributed by atoms with Crippen molar-refractivity contribution in [1.82, 2.24) is 9.88 Å². The van der Waals surface area contributed by atoms with Gasteiger partial charge in [-0.2, -0.15) is 0 Å². The number of hydrogen-bond acceptors (Lipinski definition) is 6. The molecule has 2 heterocycles. The summed E-state index contributed by atoms with van der Waals surface area (Å²) in [5.74, 6) is -0.256. The number of amides is 1. The number of nitrogens with zero attached hydrogens (tertiary/aromatic N) is 2. The van der Waals surface area contributed by atoms with Crippen LogP contribution < -0.4 is 5.32 Å². The Morgan fingerprint density at radius 3 is 2.86 bits per heavy atom. The molecule has 1 saturated heterocycles. The van der Waals surface area contributed by atoms with Crippen LogP contribution in [0, 0.1) is 0 Å². The molecule has 0 bridgehead atoms. The second-order valence-corrected chi connectivity index (χ2v) is 5.72. The molecule has 1 aromatic heterocycles. The van der Waals surface area contributed by atoms with Crippen molar-refractivity contribution in [1.29, 1.82) is 0 Å². The van der Waals surface area contributed by atoms with Crippen LogP contribution in [0.2, 0.25) is 0 Å². The van der Waals surface area contributed by atoms with E-state index in [9.17, 15) is 9.59 Å². The first-order valence-electron chi connectivity index (χ1n) is 7.34. The maximum atomic E-state index is 12.0. The third kappa shape index (κ3) is 4.42. The average molecular weight is 311 g/mol. The molecular weight excluding hydrogens is 290 g/mol. The van der Waals surface area contributed by atoms with E-state index in [2.05, 4.69) is 10.3 Å². The van der Waals surface area contributed by atoms with Crippen molar-refractivity contribution in [3.05, 3.63) is 11.2 Å². The molecule has 1 aromatic rings. The fraction of sp³-hybridized carbons (Fsp3) is 0.643. The van der Waals surface area contributed by atoms with Gasteiger partial charge in [-0.15, -0.1) is 11.3 Å². The van der Waals surface area contributed by atoms with Crippen molar-refractivity contribution in [3.63, 3.8) is 0 Å².